The van der Waals surface area contributed by atoms with E-state index in [4.69, 9.17) is 14.1 Å². The van der Waals surface area contributed by atoms with E-state index in [9.17, 15) is 9.59 Å². The van der Waals surface area contributed by atoms with E-state index in [1.165, 1.54) is 16.9 Å². The smallest absolute Gasteiger partial charge is 0.349 e. The summed E-state index contributed by atoms with van der Waals surface area (Å²) in [6.45, 7) is 8.64. The minimum Gasteiger partial charge on any atom is -0.422 e. The normalized spacial score (nSPS) is 14.1. The van der Waals surface area contributed by atoms with E-state index in [1.54, 1.807) is 17.0 Å². The number of hydrogen-bond donors (Lipinski definition) is 0. The fraction of sp³-hybridized carbons (Fsp3) is 0.300. The Morgan fingerprint density at radius 1 is 1.03 bits per heavy atom. The SMILES string of the molecule is Cc1cc2nc(N(CCCN3CCOCC3)C(=O)c3cc4c(ccc5ccccc54)oc3=O)sc2cc1C.Cl. The van der Waals surface area contributed by atoms with Crippen LogP contribution in [-0.4, -0.2) is 55.2 Å². The second-order valence-electron chi connectivity index (χ2n) is 9.81. The highest BCUT2D eigenvalue weighted by Gasteiger charge is 2.25. The molecule has 1 fully saturated rings. The van der Waals surface area contributed by atoms with Crippen LogP contribution in [0.5, 0.6) is 0 Å². The van der Waals surface area contributed by atoms with E-state index in [1.807, 2.05) is 30.3 Å². The number of ether oxygens (including phenoxy) is 1. The molecule has 0 atom stereocenters. The van der Waals surface area contributed by atoms with Crippen molar-refractivity contribution in [3.05, 3.63) is 81.7 Å². The van der Waals surface area contributed by atoms with Gasteiger partial charge >= 0.3 is 5.63 Å². The number of thiazole rings is 1. The molecule has 3 aromatic carbocycles. The van der Waals surface area contributed by atoms with Crippen molar-refractivity contribution in [2.45, 2.75) is 20.3 Å². The number of morpholine rings is 1. The standard InChI is InChI=1S/C30H29N3O4S.ClH/c1-19-16-25-27(17-20(19)2)38-30(31-25)33(11-5-10-32-12-14-36-15-13-32)28(34)24-18-23-22-7-4-3-6-21(22)8-9-26(23)37-29(24)35;/h3-4,6-9,16-18H,5,10-15H2,1-2H3;1H. The first-order valence-corrected chi connectivity index (χ1v) is 13.7. The fourth-order valence-electron chi connectivity index (χ4n) is 5.01. The number of carbonyl (C=O) groups excluding carboxylic acids is 1. The highest BCUT2D eigenvalue weighted by molar-refractivity contribution is 7.22. The molecule has 6 rings (SSSR count). The molecular weight excluding hydrogens is 534 g/mol. The van der Waals surface area contributed by atoms with Gasteiger partial charge < -0.3 is 9.15 Å². The van der Waals surface area contributed by atoms with E-state index in [2.05, 4.69) is 30.9 Å². The first-order chi connectivity index (χ1) is 18.5. The van der Waals surface area contributed by atoms with Crippen molar-refractivity contribution in [2.75, 3.05) is 44.3 Å². The lowest BCUT2D eigenvalue weighted by Crippen LogP contribution is -2.40. The molecule has 5 aromatic rings. The van der Waals surface area contributed by atoms with Crippen LogP contribution in [0.4, 0.5) is 5.13 Å². The summed E-state index contributed by atoms with van der Waals surface area (Å²) in [4.78, 5) is 35.9. The Kier molecular flexibility index (Phi) is 8.00. The van der Waals surface area contributed by atoms with Gasteiger partial charge in [-0.2, -0.15) is 0 Å². The number of aromatic nitrogens is 1. The molecule has 39 heavy (non-hydrogen) atoms. The summed E-state index contributed by atoms with van der Waals surface area (Å²) in [6, 6.07) is 17.4. The maximum absolute atomic E-state index is 14.0. The van der Waals surface area contributed by atoms with Crippen LogP contribution in [0, 0.1) is 13.8 Å². The van der Waals surface area contributed by atoms with E-state index in [0.717, 1.165) is 71.2 Å². The Labute approximate surface area is 236 Å². The minimum absolute atomic E-state index is 0. The molecule has 0 unspecified atom stereocenters. The Morgan fingerprint density at radius 2 is 1.79 bits per heavy atom. The monoisotopic (exact) mass is 563 g/mol. The topological polar surface area (TPSA) is 75.9 Å². The first-order valence-electron chi connectivity index (χ1n) is 12.9. The van der Waals surface area contributed by atoms with Crippen molar-refractivity contribution in [3.63, 3.8) is 0 Å². The number of fused-ring (bicyclic) bond motifs is 4. The molecule has 7 nitrogen and oxygen atoms in total. The molecule has 9 heteroatoms. The first kappa shape index (κ1) is 27.3. The molecular formula is C30H30ClN3O4S. The molecule has 0 saturated carbocycles. The van der Waals surface area contributed by atoms with Gasteiger partial charge in [-0.3, -0.25) is 14.6 Å². The highest BCUT2D eigenvalue weighted by Crippen LogP contribution is 2.32. The van der Waals surface area contributed by atoms with E-state index >= 15 is 0 Å². The molecule has 1 aliphatic rings. The van der Waals surface area contributed by atoms with Crippen LogP contribution in [0.2, 0.25) is 0 Å². The van der Waals surface area contributed by atoms with Crippen molar-refractivity contribution >= 4 is 66.7 Å². The average Bonchev–Trinajstić information content (AvgIpc) is 3.33. The summed E-state index contributed by atoms with van der Waals surface area (Å²) >= 11 is 1.48. The number of halogens is 1. The Bertz CT molecular complexity index is 1690. The van der Waals surface area contributed by atoms with E-state index in [-0.39, 0.29) is 23.9 Å². The van der Waals surface area contributed by atoms with Crippen LogP contribution in [0.1, 0.15) is 27.9 Å². The minimum atomic E-state index is -0.635. The molecule has 3 heterocycles. The number of amides is 1. The van der Waals surface area contributed by atoms with E-state index < -0.39 is 5.63 Å². The lowest BCUT2D eigenvalue weighted by atomic mass is 10.0. The molecule has 2 aromatic heterocycles. The zero-order valence-corrected chi connectivity index (χ0v) is 23.6. The number of benzene rings is 3. The number of anilines is 1. The average molecular weight is 564 g/mol. The van der Waals surface area contributed by atoms with Crippen LogP contribution < -0.4 is 10.5 Å². The third-order valence-corrected chi connectivity index (χ3v) is 8.34. The zero-order valence-electron chi connectivity index (χ0n) is 21.9. The van der Waals surface area contributed by atoms with Crippen molar-refractivity contribution in [1.82, 2.24) is 9.88 Å². The van der Waals surface area contributed by atoms with Gasteiger partial charge in [0.05, 0.1) is 23.4 Å². The fourth-order valence-corrected chi connectivity index (χ4v) is 6.08. The van der Waals surface area contributed by atoms with Crippen LogP contribution in [0.25, 0.3) is 32.0 Å². The third-order valence-electron chi connectivity index (χ3n) is 7.30. The van der Waals surface area contributed by atoms with Gasteiger partial charge in [0.25, 0.3) is 5.91 Å². The summed E-state index contributed by atoms with van der Waals surface area (Å²) in [6.07, 6.45) is 0.752. The van der Waals surface area contributed by atoms with Gasteiger partial charge in [-0.1, -0.05) is 41.7 Å². The molecule has 0 bridgehead atoms. The Morgan fingerprint density at radius 3 is 2.62 bits per heavy atom. The molecule has 0 aliphatic carbocycles. The molecule has 1 aliphatic heterocycles. The molecule has 1 saturated heterocycles. The molecule has 0 radical (unpaired) electrons. The number of nitrogens with zero attached hydrogens (tertiary/aromatic N) is 3. The Hall–Kier alpha value is -3.30. The summed E-state index contributed by atoms with van der Waals surface area (Å²) in [5, 5.41) is 3.29. The summed E-state index contributed by atoms with van der Waals surface area (Å²) in [7, 11) is 0. The largest absolute Gasteiger partial charge is 0.422 e. The van der Waals surface area contributed by atoms with Gasteiger partial charge in [0.15, 0.2) is 5.13 Å². The highest BCUT2D eigenvalue weighted by atomic mass is 35.5. The number of carbonyl (C=O) groups is 1. The van der Waals surface area contributed by atoms with Gasteiger partial charge in [-0.25, -0.2) is 9.78 Å². The third kappa shape index (κ3) is 5.43. The number of hydrogen-bond acceptors (Lipinski definition) is 7. The Balaban J connectivity index is 0.00000308. The maximum Gasteiger partial charge on any atom is 0.349 e. The van der Waals surface area contributed by atoms with Crippen LogP contribution in [-0.2, 0) is 4.74 Å². The number of aryl methyl sites for hydroxylation is 2. The van der Waals surface area contributed by atoms with Gasteiger partial charge in [-0.15, -0.1) is 12.4 Å². The van der Waals surface area contributed by atoms with Gasteiger partial charge in [-0.05, 0) is 66.4 Å². The summed E-state index contributed by atoms with van der Waals surface area (Å²) < 4.78 is 12.1. The van der Waals surface area contributed by atoms with Crippen molar-refractivity contribution < 1.29 is 13.9 Å². The van der Waals surface area contributed by atoms with Crippen LogP contribution >= 0.6 is 23.7 Å². The lowest BCUT2D eigenvalue weighted by molar-refractivity contribution is 0.0376. The quantitative estimate of drug-likeness (QED) is 0.187. The zero-order chi connectivity index (χ0) is 26.2. The van der Waals surface area contributed by atoms with Crippen molar-refractivity contribution in [3.8, 4) is 0 Å². The van der Waals surface area contributed by atoms with E-state index in [0.29, 0.717) is 17.3 Å². The molecule has 202 valence electrons. The predicted octanol–water partition coefficient (Wildman–Crippen LogP) is 5.96. The lowest BCUT2D eigenvalue weighted by Gasteiger charge is -2.27. The second kappa shape index (κ2) is 11.4. The van der Waals surface area contributed by atoms with Gasteiger partial charge in [0.1, 0.15) is 11.1 Å². The van der Waals surface area contributed by atoms with Crippen LogP contribution in [0.15, 0.2) is 63.8 Å². The summed E-state index contributed by atoms with van der Waals surface area (Å²) in [5.41, 5.74) is 3.04. The van der Waals surface area contributed by atoms with Crippen molar-refractivity contribution in [1.29, 1.82) is 0 Å². The molecule has 1 amide bonds. The summed E-state index contributed by atoms with van der Waals surface area (Å²) in [5.74, 6) is -0.386. The van der Waals surface area contributed by atoms with Gasteiger partial charge in [0, 0.05) is 31.6 Å². The predicted molar refractivity (Wildman–Crippen MR) is 160 cm³/mol. The maximum atomic E-state index is 14.0. The molecule has 0 spiro atoms. The number of rotatable bonds is 6. The van der Waals surface area contributed by atoms with Crippen LogP contribution in [0.3, 0.4) is 0 Å². The molecule has 0 N–H and O–H groups in total. The van der Waals surface area contributed by atoms with Crippen molar-refractivity contribution in [2.24, 2.45) is 0 Å². The van der Waals surface area contributed by atoms with Gasteiger partial charge in [0.2, 0.25) is 0 Å². The second-order valence-corrected chi connectivity index (χ2v) is 10.8.